The second-order valence-corrected chi connectivity index (χ2v) is 8.08. The summed E-state index contributed by atoms with van der Waals surface area (Å²) in [5.41, 5.74) is 4.72. The van der Waals surface area contributed by atoms with Crippen molar-refractivity contribution in [1.82, 2.24) is 10.2 Å². The number of nitrogens with two attached hydrogens (primary N) is 1. The van der Waals surface area contributed by atoms with Crippen molar-refractivity contribution in [2.75, 3.05) is 19.8 Å². The number of ether oxygens (including phenoxy) is 2. The first-order valence-corrected chi connectivity index (χ1v) is 10.1. The number of rotatable bonds is 6. The number of carbonyl (C=O) groups is 3. The molecular weight excluding hydrogens is 408 g/mol. The van der Waals surface area contributed by atoms with E-state index in [2.05, 4.69) is 5.32 Å². The van der Waals surface area contributed by atoms with Gasteiger partial charge in [-0.3, -0.25) is 19.7 Å². The van der Waals surface area contributed by atoms with Crippen LogP contribution in [0.5, 0.6) is 5.75 Å². The van der Waals surface area contributed by atoms with E-state index < -0.39 is 34.4 Å². The van der Waals surface area contributed by atoms with Gasteiger partial charge in [-0.05, 0) is 37.8 Å². The Morgan fingerprint density at radius 2 is 1.94 bits per heavy atom. The number of hydrogen-bond acceptors (Lipinski definition) is 7. The molecule has 3 rings (SSSR count). The van der Waals surface area contributed by atoms with E-state index in [1.807, 2.05) is 6.92 Å². The Kier molecular flexibility index (Phi) is 6.74. The molecule has 2 atom stereocenters. The van der Waals surface area contributed by atoms with Crippen LogP contribution < -0.4 is 15.8 Å². The number of likely N-dealkylation sites (tertiary alicyclic amines) is 1. The molecule has 2 unspecified atom stereocenters. The molecule has 31 heavy (non-hydrogen) atoms. The third kappa shape index (κ3) is 5.10. The topological polar surface area (TPSA) is 154 Å². The zero-order valence-corrected chi connectivity index (χ0v) is 17.2. The fourth-order valence-electron chi connectivity index (χ4n) is 4.04. The summed E-state index contributed by atoms with van der Waals surface area (Å²) in [6.07, 6.45) is 1.35. The molecule has 2 aliphatic heterocycles. The molecule has 3 N–H and O–H groups in total. The Bertz CT molecular complexity index is 852. The molecule has 11 nitrogen and oxygen atoms in total. The second kappa shape index (κ2) is 9.29. The number of amides is 3. The standard InChI is InChI=1S/C20H26N4O7/c1-20(8-11-30-12-9-20)16(18(26)23-10-2-3-15(23)17(21)25)22-19(27)31-14-6-4-13(5-7-14)24(28)29/h4-7,15-16H,2-3,8-12H2,1H3,(H2,21,25)(H,22,27). The van der Waals surface area contributed by atoms with E-state index in [-0.39, 0.29) is 17.3 Å². The normalized spacial score (nSPS) is 21.2. The van der Waals surface area contributed by atoms with Gasteiger partial charge in [-0.15, -0.1) is 0 Å². The number of nitrogens with zero attached hydrogens (tertiary/aromatic N) is 2. The summed E-state index contributed by atoms with van der Waals surface area (Å²) in [4.78, 5) is 49.4. The number of hydrogen-bond donors (Lipinski definition) is 2. The number of benzene rings is 1. The molecule has 2 fully saturated rings. The maximum Gasteiger partial charge on any atom is 0.413 e. The van der Waals surface area contributed by atoms with Crippen LogP contribution >= 0.6 is 0 Å². The van der Waals surface area contributed by atoms with E-state index in [1.165, 1.54) is 29.2 Å². The highest BCUT2D eigenvalue weighted by molar-refractivity contribution is 5.92. The van der Waals surface area contributed by atoms with Crippen LogP contribution in [-0.4, -0.2) is 59.6 Å². The summed E-state index contributed by atoms with van der Waals surface area (Å²) < 4.78 is 10.6. The quantitative estimate of drug-likeness (QED) is 0.506. The average Bonchev–Trinajstić information content (AvgIpc) is 3.23. The van der Waals surface area contributed by atoms with Crippen LogP contribution in [0.1, 0.15) is 32.6 Å². The van der Waals surface area contributed by atoms with Crippen molar-refractivity contribution in [3.63, 3.8) is 0 Å². The fraction of sp³-hybridized carbons (Fsp3) is 0.550. The number of carbonyl (C=O) groups excluding carboxylic acids is 3. The van der Waals surface area contributed by atoms with Gasteiger partial charge in [0.15, 0.2) is 0 Å². The van der Waals surface area contributed by atoms with Crippen LogP contribution in [0.3, 0.4) is 0 Å². The summed E-state index contributed by atoms with van der Waals surface area (Å²) >= 11 is 0. The lowest BCUT2D eigenvalue weighted by Gasteiger charge is -2.41. The molecule has 3 amide bonds. The van der Waals surface area contributed by atoms with E-state index in [1.54, 1.807) is 0 Å². The smallest absolute Gasteiger partial charge is 0.410 e. The molecule has 2 aliphatic rings. The Balaban J connectivity index is 1.77. The van der Waals surface area contributed by atoms with Crippen LogP contribution in [0.2, 0.25) is 0 Å². The lowest BCUT2D eigenvalue weighted by atomic mass is 9.75. The van der Waals surface area contributed by atoms with Gasteiger partial charge in [0.25, 0.3) is 5.69 Å². The van der Waals surface area contributed by atoms with Crippen LogP contribution in [0, 0.1) is 15.5 Å². The minimum atomic E-state index is -0.943. The number of nitrogens with one attached hydrogen (secondary N) is 1. The van der Waals surface area contributed by atoms with Gasteiger partial charge in [0.05, 0.1) is 4.92 Å². The van der Waals surface area contributed by atoms with Crippen molar-refractivity contribution in [3.8, 4) is 5.75 Å². The van der Waals surface area contributed by atoms with Crippen LogP contribution in [0.25, 0.3) is 0 Å². The number of nitro groups is 1. The Morgan fingerprint density at radius 3 is 2.52 bits per heavy atom. The molecule has 11 heteroatoms. The fourth-order valence-corrected chi connectivity index (χ4v) is 4.04. The molecule has 1 aromatic carbocycles. The highest BCUT2D eigenvalue weighted by atomic mass is 16.6. The second-order valence-electron chi connectivity index (χ2n) is 8.08. The lowest BCUT2D eigenvalue weighted by molar-refractivity contribution is -0.384. The zero-order chi connectivity index (χ0) is 22.6. The number of non-ortho nitro benzene ring substituents is 1. The summed E-state index contributed by atoms with van der Waals surface area (Å²) in [6.45, 7) is 3.16. The largest absolute Gasteiger partial charge is 0.413 e. The van der Waals surface area contributed by atoms with E-state index in [4.69, 9.17) is 15.2 Å². The van der Waals surface area contributed by atoms with E-state index in [0.717, 1.165) is 0 Å². The molecular formula is C20H26N4O7. The highest BCUT2D eigenvalue weighted by Crippen LogP contribution is 2.36. The maximum atomic E-state index is 13.4. The average molecular weight is 434 g/mol. The minimum Gasteiger partial charge on any atom is -0.410 e. The van der Waals surface area contributed by atoms with E-state index >= 15 is 0 Å². The monoisotopic (exact) mass is 434 g/mol. The van der Waals surface area contributed by atoms with Gasteiger partial charge < -0.3 is 25.4 Å². The molecule has 0 aliphatic carbocycles. The Morgan fingerprint density at radius 1 is 1.29 bits per heavy atom. The van der Waals surface area contributed by atoms with Gasteiger partial charge >= 0.3 is 6.09 Å². The molecule has 1 aromatic rings. The van der Waals surface area contributed by atoms with Crippen molar-refractivity contribution in [2.24, 2.45) is 11.1 Å². The van der Waals surface area contributed by atoms with Crippen molar-refractivity contribution < 1.29 is 28.8 Å². The van der Waals surface area contributed by atoms with Gasteiger partial charge in [0.1, 0.15) is 17.8 Å². The third-order valence-corrected chi connectivity index (χ3v) is 5.96. The summed E-state index contributed by atoms with van der Waals surface area (Å²) in [6, 6.07) is 3.38. The Labute approximate surface area is 179 Å². The molecule has 2 heterocycles. The van der Waals surface area contributed by atoms with Crippen LogP contribution in [0.15, 0.2) is 24.3 Å². The van der Waals surface area contributed by atoms with E-state index in [9.17, 15) is 24.5 Å². The van der Waals surface area contributed by atoms with Gasteiger partial charge in [-0.25, -0.2) is 4.79 Å². The van der Waals surface area contributed by atoms with Crippen molar-refractivity contribution in [2.45, 2.75) is 44.7 Å². The van der Waals surface area contributed by atoms with Gasteiger partial charge in [-0.2, -0.15) is 0 Å². The molecule has 0 saturated carbocycles. The van der Waals surface area contributed by atoms with Gasteiger partial charge in [-0.1, -0.05) is 6.92 Å². The predicted molar refractivity (Wildman–Crippen MR) is 108 cm³/mol. The third-order valence-electron chi connectivity index (χ3n) is 5.96. The van der Waals surface area contributed by atoms with Crippen LogP contribution in [0.4, 0.5) is 10.5 Å². The first-order valence-electron chi connectivity index (χ1n) is 10.1. The summed E-state index contributed by atoms with van der Waals surface area (Å²) in [5, 5.41) is 13.4. The number of nitro benzene ring substituents is 1. The first-order chi connectivity index (χ1) is 14.7. The molecule has 0 spiro atoms. The molecule has 0 aromatic heterocycles. The summed E-state index contributed by atoms with van der Waals surface area (Å²) in [7, 11) is 0. The molecule has 168 valence electrons. The lowest BCUT2D eigenvalue weighted by Crippen LogP contribution is -2.60. The predicted octanol–water partition coefficient (Wildman–Crippen LogP) is 1.34. The molecule has 2 saturated heterocycles. The summed E-state index contributed by atoms with van der Waals surface area (Å²) in [5.74, 6) is -0.857. The zero-order valence-electron chi connectivity index (χ0n) is 17.2. The SMILES string of the molecule is CC1(C(NC(=O)Oc2ccc([N+](=O)[O-])cc2)C(=O)N2CCCC2C(N)=O)CCOCC1. The maximum absolute atomic E-state index is 13.4. The minimum absolute atomic E-state index is 0.0996. The Hall–Kier alpha value is -3.21. The van der Waals surface area contributed by atoms with Crippen molar-refractivity contribution in [3.05, 3.63) is 34.4 Å². The highest BCUT2D eigenvalue weighted by Gasteiger charge is 2.46. The van der Waals surface area contributed by atoms with Gasteiger partial charge in [0, 0.05) is 37.3 Å². The molecule has 0 bridgehead atoms. The molecule has 0 radical (unpaired) electrons. The van der Waals surface area contributed by atoms with Crippen LogP contribution in [-0.2, 0) is 14.3 Å². The van der Waals surface area contributed by atoms with Crippen molar-refractivity contribution >= 4 is 23.6 Å². The number of primary amides is 1. The van der Waals surface area contributed by atoms with E-state index in [0.29, 0.717) is 45.4 Å². The first kappa shape index (κ1) is 22.5. The van der Waals surface area contributed by atoms with Crippen molar-refractivity contribution in [1.29, 1.82) is 0 Å². The van der Waals surface area contributed by atoms with Gasteiger partial charge in [0.2, 0.25) is 11.8 Å².